The van der Waals surface area contributed by atoms with E-state index in [1.807, 2.05) is 64.1 Å². The lowest BCUT2D eigenvalue weighted by atomic mass is 10.1. The van der Waals surface area contributed by atoms with Crippen LogP contribution in [0.25, 0.3) is 0 Å². The molecule has 3 aromatic carbocycles. The van der Waals surface area contributed by atoms with Crippen molar-refractivity contribution in [2.24, 2.45) is 0 Å². The van der Waals surface area contributed by atoms with E-state index in [1.165, 1.54) is 29.5 Å². The second-order valence-corrected chi connectivity index (χ2v) is 10.6. The number of para-hydroxylation sites is 1. The number of aryl methyl sites for hydroxylation is 4. The first-order valence-electron chi connectivity index (χ1n) is 10.2. The monoisotopic (exact) mass is 462 g/mol. The van der Waals surface area contributed by atoms with Gasteiger partial charge in [-0.1, -0.05) is 60.2 Å². The molecule has 0 heterocycles. The molecular weight excluding hydrogens is 436 g/mol. The maximum Gasteiger partial charge on any atom is 0.219 e. The molecule has 0 aliphatic carbocycles. The average molecular weight is 463 g/mol. The number of hydrogen-bond donors (Lipinski definition) is 1. The Labute approximate surface area is 194 Å². The van der Waals surface area contributed by atoms with Crippen LogP contribution in [0, 0.1) is 39.0 Å². The van der Waals surface area contributed by atoms with Crippen LogP contribution in [0.4, 0.5) is 5.69 Å². The van der Waals surface area contributed by atoms with E-state index < -0.39 is 9.84 Å². The normalized spacial score (nSPS) is 12.1. The zero-order valence-electron chi connectivity index (χ0n) is 18.6. The Morgan fingerprint density at radius 3 is 2.16 bits per heavy atom. The fourth-order valence-electron chi connectivity index (χ4n) is 3.39. The van der Waals surface area contributed by atoms with E-state index in [1.54, 1.807) is 18.2 Å². The number of benzene rings is 3. The van der Waals surface area contributed by atoms with Gasteiger partial charge in [-0.05, 0) is 62.1 Å². The number of anilines is 1. The minimum absolute atomic E-state index is 0.101. The molecule has 1 N–H and O–H groups in total. The van der Waals surface area contributed by atoms with Crippen LogP contribution < -0.4 is 5.32 Å². The van der Waals surface area contributed by atoms with Crippen LogP contribution in [-0.4, -0.2) is 8.42 Å². The molecular formula is C26H26N2O2S2. The number of sulfone groups is 1. The lowest BCUT2D eigenvalue weighted by molar-refractivity contribution is 0.603. The van der Waals surface area contributed by atoms with E-state index in [2.05, 4.69) is 11.4 Å². The summed E-state index contributed by atoms with van der Waals surface area (Å²) in [5.74, 6) is 0.537. The Morgan fingerprint density at radius 1 is 0.906 bits per heavy atom. The van der Waals surface area contributed by atoms with Crippen LogP contribution in [0.3, 0.4) is 0 Å². The molecule has 3 aromatic rings. The number of nitrogens with zero attached hydrogens (tertiary/aromatic N) is 1. The third-order valence-corrected chi connectivity index (χ3v) is 8.12. The molecule has 0 amide bonds. The van der Waals surface area contributed by atoms with Gasteiger partial charge >= 0.3 is 0 Å². The molecule has 0 bridgehead atoms. The Balaban J connectivity index is 2.10. The predicted octanol–water partition coefficient (Wildman–Crippen LogP) is 6.43. The van der Waals surface area contributed by atoms with Gasteiger partial charge in [0.1, 0.15) is 11.1 Å². The molecule has 32 heavy (non-hydrogen) atoms. The maximum absolute atomic E-state index is 13.4. The molecule has 0 aromatic heterocycles. The predicted molar refractivity (Wildman–Crippen MR) is 133 cm³/mol. The molecule has 6 heteroatoms. The average Bonchev–Trinajstić information content (AvgIpc) is 2.76. The van der Waals surface area contributed by atoms with E-state index in [4.69, 9.17) is 0 Å². The summed E-state index contributed by atoms with van der Waals surface area (Å²) in [7, 11) is -3.98. The molecule has 3 rings (SSSR count). The molecule has 0 saturated heterocycles. The highest BCUT2D eigenvalue weighted by molar-refractivity contribution is 8.04. The van der Waals surface area contributed by atoms with Crippen molar-refractivity contribution in [1.29, 1.82) is 5.26 Å². The minimum Gasteiger partial charge on any atom is -0.348 e. The molecule has 0 aliphatic rings. The van der Waals surface area contributed by atoms with Crippen molar-refractivity contribution in [2.75, 3.05) is 5.32 Å². The van der Waals surface area contributed by atoms with Gasteiger partial charge in [0.05, 0.1) is 4.90 Å². The second-order valence-electron chi connectivity index (χ2n) is 7.70. The summed E-state index contributed by atoms with van der Waals surface area (Å²) < 4.78 is 26.7. The zero-order valence-corrected chi connectivity index (χ0v) is 20.3. The Bertz CT molecular complexity index is 1290. The van der Waals surface area contributed by atoms with Gasteiger partial charge in [0.15, 0.2) is 4.91 Å². The highest BCUT2D eigenvalue weighted by Crippen LogP contribution is 2.33. The van der Waals surface area contributed by atoms with Gasteiger partial charge in [0.2, 0.25) is 9.84 Å². The quantitative estimate of drug-likeness (QED) is 0.410. The van der Waals surface area contributed by atoms with Crippen molar-refractivity contribution in [2.45, 2.75) is 38.3 Å². The number of nitriles is 1. The largest absolute Gasteiger partial charge is 0.348 e. The van der Waals surface area contributed by atoms with Crippen molar-refractivity contribution in [3.05, 3.63) is 104 Å². The molecule has 0 atom stereocenters. The summed E-state index contributed by atoms with van der Waals surface area (Å²) >= 11 is 1.33. The van der Waals surface area contributed by atoms with Gasteiger partial charge < -0.3 is 5.32 Å². The van der Waals surface area contributed by atoms with Gasteiger partial charge in [-0.3, -0.25) is 0 Å². The van der Waals surface area contributed by atoms with E-state index in [-0.39, 0.29) is 9.80 Å². The van der Waals surface area contributed by atoms with E-state index in [0.29, 0.717) is 10.8 Å². The zero-order chi connectivity index (χ0) is 23.3. The summed E-state index contributed by atoms with van der Waals surface area (Å²) in [6, 6.07) is 22.1. The maximum atomic E-state index is 13.4. The standard InChI is InChI=1S/C26H26N2O2S2/c1-18-13-14-22(21(4)15-18)17-31-26(28-25-19(2)9-8-10-20(25)3)24(16-27)32(29,30)23-11-6-5-7-12-23/h5-15,28H,17H2,1-4H3/b26-24+. The van der Waals surface area contributed by atoms with Gasteiger partial charge in [-0.25, -0.2) is 8.42 Å². The summed E-state index contributed by atoms with van der Waals surface area (Å²) in [4.78, 5) is -0.175. The first-order valence-corrected chi connectivity index (χ1v) is 12.7. The van der Waals surface area contributed by atoms with E-state index in [9.17, 15) is 13.7 Å². The molecule has 0 unspecified atom stereocenters. The van der Waals surface area contributed by atoms with Crippen LogP contribution in [0.15, 0.2) is 81.6 Å². The highest BCUT2D eigenvalue weighted by Gasteiger charge is 2.26. The smallest absolute Gasteiger partial charge is 0.219 e. The second kappa shape index (κ2) is 10.1. The van der Waals surface area contributed by atoms with E-state index >= 15 is 0 Å². The molecule has 0 radical (unpaired) electrons. The molecule has 0 aliphatic heterocycles. The Hall–Kier alpha value is -3.01. The van der Waals surface area contributed by atoms with Crippen molar-refractivity contribution in [3.63, 3.8) is 0 Å². The first-order chi connectivity index (χ1) is 15.2. The molecule has 0 saturated carbocycles. The van der Waals surface area contributed by atoms with Crippen molar-refractivity contribution in [1.82, 2.24) is 0 Å². The lowest BCUT2D eigenvalue weighted by Gasteiger charge is -2.18. The number of nitrogens with one attached hydrogen (secondary N) is 1. The van der Waals surface area contributed by atoms with E-state index in [0.717, 1.165) is 27.9 Å². The van der Waals surface area contributed by atoms with Gasteiger partial charge in [-0.15, -0.1) is 11.8 Å². The van der Waals surface area contributed by atoms with Crippen LogP contribution in [-0.2, 0) is 15.6 Å². The summed E-state index contributed by atoms with van der Waals surface area (Å²) in [6.45, 7) is 7.99. The topological polar surface area (TPSA) is 70.0 Å². The number of thioether (sulfide) groups is 1. The molecule has 164 valence electrons. The Kier molecular flexibility index (Phi) is 7.44. The number of rotatable bonds is 7. The SMILES string of the molecule is Cc1ccc(CS/C(Nc2c(C)cccc2C)=C(\C#N)S(=O)(=O)c2ccccc2)c(C)c1. The third kappa shape index (κ3) is 5.24. The fourth-order valence-corrected chi connectivity index (χ4v) is 6.04. The number of hydrogen-bond acceptors (Lipinski definition) is 5. The molecule has 0 spiro atoms. The highest BCUT2D eigenvalue weighted by atomic mass is 32.2. The van der Waals surface area contributed by atoms with Gasteiger partial charge in [-0.2, -0.15) is 5.26 Å². The van der Waals surface area contributed by atoms with Crippen LogP contribution in [0.2, 0.25) is 0 Å². The van der Waals surface area contributed by atoms with Crippen molar-refractivity contribution in [3.8, 4) is 6.07 Å². The number of allylic oxidation sites excluding steroid dienone is 1. The summed E-state index contributed by atoms with van der Waals surface area (Å²) in [5, 5.41) is 13.6. The lowest BCUT2D eigenvalue weighted by Crippen LogP contribution is -2.11. The summed E-state index contributed by atoms with van der Waals surface area (Å²) in [5.41, 5.74) is 6.16. The molecule has 4 nitrogen and oxygen atoms in total. The van der Waals surface area contributed by atoms with Crippen LogP contribution in [0.1, 0.15) is 27.8 Å². The van der Waals surface area contributed by atoms with Gasteiger partial charge in [0.25, 0.3) is 0 Å². The fraction of sp³-hybridized carbons (Fsp3) is 0.192. The van der Waals surface area contributed by atoms with Crippen LogP contribution in [0.5, 0.6) is 0 Å². The van der Waals surface area contributed by atoms with Crippen molar-refractivity contribution < 1.29 is 8.42 Å². The molecule has 0 fully saturated rings. The van der Waals surface area contributed by atoms with Crippen molar-refractivity contribution >= 4 is 27.3 Å². The third-order valence-electron chi connectivity index (χ3n) is 5.22. The minimum atomic E-state index is -3.98. The summed E-state index contributed by atoms with van der Waals surface area (Å²) in [6.07, 6.45) is 0. The van der Waals surface area contributed by atoms with Gasteiger partial charge in [0, 0.05) is 11.4 Å². The first kappa shape index (κ1) is 23.6. The van der Waals surface area contributed by atoms with Crippen LogP contribution >= 0.6 is 11.8 Å². The Morgan fingerprint density at radius 2 is 1.56 bits per heavy atom.